The van der Waals surface area contributed by atoms with Crippen molar-refractivity contribution in [3.63, 3.8) is 0 Å². The summed E-state index contributed by atoms with van der Waals surface area (Å²) in [6.45, 7) is 11.1. The van der Waals surface area contributed by atoms with Crippen molar-refractivity contribution in [3.8, 4) is 0 Å². The minimum absolute atomic E-state index is 0.0975. The maximum atomic E-state index is 12.0. The number of likely N-dealkylation sites (tertiary alicyclic amines) is 1. The fourth-order valence-electron chi connectivity index (χ4n) is 3.72. The fraction of sp³-hybridized carbons (Fsp3) is 0.882. The van der Waals surface area contributed by atoms with E-state index in [1.165, 1.54) is 0 Å². The predicted octanol–water partition coefficient (Wildman–Crippen LogP) is -0.376. The number of nitrogens with one attached hydrogen (secondary N) is 1. The topological polar surface area (TPSA) is 65.1 Å². The number of nitrogens with zero attached hydrogens (tertiary/aromatic N) is 3. The standard InChI is InChI=1S/C17H32N4O3/c1-14-11-19(13-17(23)18-5-4-10-24-3)12-16(14)21-8-6-20(7-9-21)15(2)22/h14,16H,4-13H2,1-3H3,(H,18,23)/t14-,16-/m0/s1. The molecule has 0 radical (unpaired) electrons. The van der Waals surface area contributed by atoms with Crippen molar-refractivity contribution in [2.75, 3.05) is 66.1 Å². The molecule has 2 amide bonds. The Labute approximate surface area is 145 Å². The van der Waals surface area contributed by atoms with Crippen LogP contribution in [0.4, 0.5) is 0 Å². The number of hydrogen-bond donors (Lipinski definition) is 1. The van der Waals surface area contributed by atoms with Crippen LogP contribution in [0.3, 0.4) is 0 Å². The van der Waals surface area contributed by atoms with Gasteiger partial charge < -0.3 is 15.0 Å². The van der Waals surface area contributed by atoms with E-state index in [2.05, 4.69) is 22.0 Å². The molecule has 2 heterocycles. The van der Waals surface area contributed by atoms with Crippen LogP contribution in [0.25, 0.3) is 0 Å². The summed E-state index contributed by atoms with van der Waals surface area (Å²) in [5, 5.41) is 2.95. The van der Waals surface area contributed by atoms with E-state index in [0.717, 1.165) is 45.7 Å². The number of carbonyl (C=O) groups excluding carboxylic acids is 2. The van der Waals surface area contributed by atoms with E-state index in [1.54, 1.807) is 14.0 Å². The average molecular weight is 340 g/mol. The zero-order valence-corrected chi connectivity index (χ0v) is 15.3. The van der Waals surface area contributed by atoms with Gasteiger partial charge in [0.05, 0.1) is 6.54 Å². The second-order valence-corrected chi connectivity index (χ2v) is 6.98. The largest absolute Gasteiger partial charge is 0.385 e. The van der Waals surface area contributed by atoms with Gasteiger partial charge >= 0.3 is 0 Å². The summed E-state index contributed by atoms with van der Waals surface area (Å²) in [4.78, 5) is 30.1. The van der Waals surface area contributed by atoms with Crippen molar-refractivity contribution in [1.82, 2.24) is 20.0 Å². The lowest BCUT2D eigenvalue weighted by Crippen LogP contribution is -2.53. The zero-order valence-electron chi connectivity index (χ0n) is 15.3. The third-order valence-electron chi connectivity index (χ3n) is 5.09. The van der Waals surface area contributed by atoms with Gasteiger partial charge in [-0.3, -0.25) is 19.4 Å². The third-order valence-corrected chi connectivity index (χ3v) is 5.09. The Kier molecular flexibility index (Phi) is 7.45. The monoisotopic (exact) mass is 340 g/mol. The Hall–Kier alpha value is -1.18. The van der Waals surface area contributed by atoms with Crippen LogP contribution < -0.4 is 5.32 Å². The summed E-state index contributed by atoms with van der Waals surface area (Å²) < 4.78 is 4.98. The second-order valence-electron chi connectivity index (χ2n) is 6.98. The molecule has 2 fully saturated rings. The van der Waals surface area contributed by atoms with Crippen LogP contribution in [0.15, 0.2) is 0 Å². The molecule has 0 aromatic rings. The zero-order chi connectivity index (χ0) is 17.5. The van der Waals surface area contributed by atoms with Gasteiger partial charge in [-0.15, -0.1) is 0 Å². The molecule has 7 heteroatoms. The van der Waals surface area contributed by atoms with Crippen LogP contribution in [0, 0.1) is 5.92 Å². The molecule has 0 aliphatic carbocycles. The van der Waals surface area contributed by atoms with E-state index in [-0.39, 0.29) is 11.8 Å². The van der Waals surface area contributed by atoms with Gasteiger partial charge in [0.1, 0.15) is 0 Å². The fourth-order valence-corrected chi connectivity index (χ4v) is 3.72. The number of carbonyl (C=O) groups is 2. The number of rotatable bonds is 7. The highest BCUT2D eigenvalue weighted by atomic mass is 16.5. The molecule has 2 atom stereocenters. The van der Waals surface area contributed by atoms with Gasteiger partial charge in [0.2, 0.25) is 11.8 Å². The van der Waals surface area contributed by atoms with Gasteiger partial charge in [-0.1, -0.05) is 6.92 Å². The second kappa shape index (κ2) is 9.34. The molecule has 24 heavy (non-hydrogen) atoms. The molecule has 138 valence electrons. The predicted molar refractivity (Wildman–Crippen MR) is 92.7 cm³/mol. The smallest absolute Gasteiger partial charge is 0.234 e. The van der Waals surface area contributed by atoms with Crippen LogP contribution in [0.2, 0.25) is 0 Å². The van der Waals surface area contributed by atoms with Crippen molar-refractivity contribution in [2.24, 2.45) is 5.92 Å². The Morgan fingerprint density at radius 3 is 2.50 bits per heavy atom. The van der Waals surface area contributed by atoms with Crippen LogP contribution in [-0.2, 0) is 14.3 Å². The van der Waals surface area contributed by atoms with Gasteiger partial charge in [-0.05, 0) is 12.3 Å². The first-order chi connectivity index (χ1) is 11.5. The SMILES string of the molecule is COCCCNC(=O)CN1C[C@H](C)[C@@H](N2CCN(C(C)=O)CC2)C1. The third kappa shape index (κ3) is 5.43. The summed E-state index contributed by atoms with van der Waals surface area (Å²) in [6, 6.07) is 0.486. The van der Waals surface area contributed by atoms with Gasteiger partial charge in [-0.2, -0.15) is 0 Å². The lowest BCUT2D eigenvalue weighted by Gasteiger charge is -2.39. The Morgan fingerprint density at radius 1 is 1.17 bits per heavy atom. The van der Waals surface area contributed by atoms with E-state index in [9.17, 15) is 9.59 Å². The molecular formula is C17H32N4O3. The van der Waals surface area contributed by atoms with Crippen molar-refractivity contribution in [1.29, 1.82) is 0 Å². The molecule has 1 N–H and O–H groups in total. The first-order valence-electron chi connectivity index (χ1n) is 8.98. The lowest BCUT2D eigenvalue weighted by atomic mass is 10.0. The van der Waals surface area contributed by atoms with E-state index >= 15 is 0 Å². The number of ether oxygens (including phenoxy) is 1. The summed E-state index contributed by atoms with van der Waals surface area (Å²) >= 11 is 0. The quantitative estimate of drug-likeness (QED) is 0.640. The van der Waals surface area contributed by atoms with E-state index < -0.39 is 0 Å². The van der Waals surface area contributed by atoms with Gasteiger partial charge in [0.25, 0.3) is 0 Å². The van der Waals surface area contributed by atoms with Gasteiger partial charge in [0.15, 0.2) is 0 Å². The van der Waals surface area contributed by atoms with Crippen LogP contribution in [-0.4, -0.2) is 98.6 Å². The summed E-state index contributed by atoms with van der Waals surface area (Å²) in [5.41, 5.74) is 0. The van der Waals surface area contributed by atoms with E-state index in [0.29, 0.717) is 31.7 Å². The van der Waals surface area contributed by atoms with Crippen molar-refractivity contribution >= 4 is 11.8 Å². The van der Waals surface area contributed by atoms with Gasteiger partial charge in [0, 0.05) is 72.5 Å². The molecule has 0 saturated carbocycles. The normalized spacial score (nSPS) is 25.9. The first kappa shape index (κ1) is 19.1. The molecule has 0 unspecified atom stereocenters. The van der Waals surface area contributed by atoms with Gasteiger partial charge in [-0.25, -0.2) is 0 Å². The minimum atomic E-state index is 0.0975. The van der Waals surface area contributed by atoms with Crippen LogP contribution in [0.1, 0.15) is 20.3 Å². The maximum absolute atomic E-state index is 12.0. The highest BCUT2D eigenvalue weighted by Gasteiger charge is 2.35. The summed E-state index contributed by atoms with van der Waals surface area (Å²) in [5.74, 6) is 0.816. The minimum Gasteiger partial charge on any atom is -0.385 e. The molecule has 0 aromatic heterocycles. The maximum Gasteiger partial charge on any atom is 0.234 e. The molecule has 2 rings (SSSR count). The molecule has 0 spiro atoms. The molecule has 2 aliphatic rings. The molecular weight excluding hydrogens is 308 g/mol. The van der Waals surface area contributed by atoms with Crippen LogP contribution in [0.5, 0.6) is 0 Å². The van der Waals surface area contributed by atoms with Crippen molar-refractivity contribution < 1.29 is 14.3 Å². The summed E-state index contributed by atoms with van der Waals surface area (Å²) in [6.07, 6.45) is 0.849. The highest BCUT2D eigenvalue weighted by Crippen LogP contribution is 2.22. The molecule has 0 aromatic carbocycles. The van der Waals surface area contributed by atoms with E-state index in [4.69, 9.17) is 4.74 Å². The average Bonchev–Trinajstić information content (AvgIpc) is 2.92. The number of methoxy groups -OCH3 is 1. The number of piperazine rings is 1. The first-order valence-corrected chi connectivity index (χ1v) is 8.98. The molecule has 0 bridgehead atoms. The molecule has 2 aliphatic heterocycles. The lowest BCUT2D eigenvalue weighted by molar-refractivity contribution is -0.131. The Balaban J connectivity index is 1.72. The highest BCUT2D eigenvalue weighted by molar-refractivity contribution is 5.78. The van der Waals surface area contributed by atoms with Crippen molar-refractivity contribution in [3.05, 3.63) is 0 Å². The Morgan fingerprint density at radius 2 is 1.88 bits per heavy atom. The van der Waals surface area contributed by atoms with Crippen LogP contribution >= 0.6 is 0 Å². The van der Waals surface area contributed by atoms with E-state index in [1.807, 2.05) is 4.90 Å². The molecule has 2 saturated heterocycles. The number of hydrogen-bond acceptors (Lipinski definition) is 5. The molecule has 7 nitrogen and oxygen atoms in total. The van der Waals surface area contributed by atoms with Crippen molar-refractivity contribution in [2.45, 2.75) is 26.3 Å². The summed E-state index contributed by atoms with van der Waals surface area (Å²) in [7, 11) is 1.67. The number of amides is 2. The Bertz CT molecular complexity index is 424.